The van der Waals surface area contributed by atoms with Crippen molar-refractivity contribution in [2.45, 2.75) is 97.1 Å². The van der Waals surface area contributed by atoms with E-state index in [1.807, 2.05) is 0 Å². The second kappa shape index (κ2) is 8.84. The number of hydrogen-bond acceptors (Lipinski definition) is 2. The van der Waals surface area contributed by atoms with Crippen LogP contribution in [0.2, 0.25) is 0 Å². The third-order valence-electron chi connectivity index (χ3n) is 9.23. The summed E-state index contributed by atoms with van der Waals surface area (Å²) in [5, 5.41) is 3.66. The molecule has 1 spiro atoms. The lowest BCUT2D eigenvalue weighted by Gasteiger charge is -2.47. The van der Waals surface area contributed by atoms with Gasteiger partial charge in [0.2, 0.25) is 0 Å². The van der Waals surface area contributed by atoms with E-state index in [1.165, 1.54) is 88.3 Å². The molecule has 2 heteroatoms. The molecule has 2 saturated carbocycles. The normalized spacial score (nSPS) is 36.9. The molecule has 0 saturated heterocycles. The summed E-state index contributed by atoms with van der Waals surface area (Å²) in [5.41, 5.74) is 10.7. The maximum Gasteiger partial charge on any atom is 0.0777 e. The number of fused-ring (bicyclic) bond motifs is 2. The summed E-state index contributed by atoms with van der Waals surface area (Å²) in [7, 11) is 0. The summed E-state index contributed by atoms with van der Waals surface area (Å²) >= 11 is 0. The third-order valence-corrected chi connectivity index (χ3v) is 9.23. The van der Waals surface area contributed by atoms with Gasteiger partial charge in [0, 0.05) is 5.70 Å². The summed E-state index contributed by atoms with van der Waals surface area (Å²) in [4.78, 5) is 0. The molecule has 0 aromatic heterocycles. The molecule has 0 bridgehead atoms. The Morgan fingerprint density at radius 2 is 1.59 bits per heavy atom. The predicted octanol–water partition coefficient (Wildman–Crippen LogP) is 6.76. The molecule has 0 amide bonds. The van der Waals surface area contributed by atoms with Crippen molar-refractivity contribution in [2.24, 2.45) is 28.4 Å². The van der Waals surface area contributed by atoms with Crippen LogP contribution in [-0.4, -0.2) is 6.17 Å². The highest BCUT2D eigenvalue weighted by atomic mass is 15.1. The molecule has 0 aromatic carbocycles. The van der Waals surface area contributed by atoms with Crippen molar-refractivity contribution in [1.82, 2.24) is 5.32 Å². The summed E-state index contributed by atoms with van der Waals surface area (Å²) in [6.45, 7) is 4.83. The van der Waals surface area contributed by atoms with E-state index in [0.717, 1.165) is 0 Å². The smallest absolute Gasteiger partial charge is 0.0777 e. The van der Waals surface area contributed by atoms with Crippen molar-refractivity contribution < 1.29 is 0 Å². The first kappa shape index (κ1) is 21.0. The van der Waals surface area contributed by atoms with Crippen molar-refractivity contribution >= 4 is 0 Å². The molecule has 3 atom stereocenters. The zero-order valence-corrected chi connectivity index (χ0v) is 18.8. The van der Waals surface area contributed by atoms with Gasteiger partial charge in [-0.3, -0.25) is 0 Å². The molecule has 4 aliphatic rings. The molecule has 2 fully saturated rings. The maximum absolute atomic E-state index is 6.74. The highest BCUT2D eigenvalue weighted by Crippen LogP contribution is 2.54. The van der Waals surface area contributed by atoms with Gasteiger partial charge < -0.3 is 11.1 Å². The first-order chi connectivity index (χ1) is 14.1. The lowest BCUT2D eigenvalue weighted by molar-refractivity contribution is 0.0482. The Morgan fingerprint density at radius 3 is 2.31 bits per heavy atom. The molecule has 29 heavy (non-hydrogen) atoms. The maximum atomic E-state index is 6.74. The Kier molecular flexibility index (Phi) is 6.39. The van der Waals surface area contributed by atoms with E-state index >= 15 is 0 Å². The molecule has 0 radical (unpaired) electrons. The van der Waals surface area contributed by atoms with Crippen LogP contribution in [0.3, 0.4) is 0 Å². The van der Waals surface area contributed by atoms with Crippen LogP contribution in [0.4, 0.5) is 0 Å². The fourth-order valence-electron chi connectivity index (χ4n) is 6.83. The molecule has 160 valence electrons. The van der Waals surface area contributed by atoms with Crippen LogP contribution in [0, 0.1) is 22.7 Å². The van der Waals surface area contributed by atoms with Crippen molar-refractivity contribution in [2.75, 3.05) is 0 Å². The standard InChI is InChI=1S/C27H42N2/c1-3-26(4-2)17-19-27(20-18-26)15-10-9-11-21-22-12-7-5-6-8-13-24(22)29-25(28)23(21)14-16-27/h5-8,12-13,21,23,25,29H,3-4,9-11,14-20,28H2,1-2H3/b6-5-,7-5?,8-6?,12-7-,13-8-,22-12?,24-13?. The number of allylic oxidation sites excluding steroid dienone is 7. The Bertz CT molecular complexity index is 681. The lowest BCUT2D eigenvalue weighted by Crippen LogP contribution is -2.50. The Labute approximate surface area is 178 Å². The topological polar surface area (TPSA) is 38.0 Å². The molecular formula is C27H42N2. The third kappa shape index (κ3) is 4.29. The quantitative estimate of drug-likeness (QED) is 0.542. The average molecular weight is 395 g/mol. The molecule has 0 aromatic rings. The Hall–Kier alpha value is -1.28. The van der Waals surface area contributed by atoms with Crippen molar-refractivity contribution in [3.05, 3.63) is 47.7 Å². The number of nitrogens with one attached hydrogen (secondary N) is 1. The highest BCUT2D eigenvalue weighted by Gasteiger charge is 2.43. The van der Waals surface area contributed by atoms with E-state index in [2.05, 4.69) is 55.6 Å². The molecule has 3 N–H and O–H groups in total. The van der Waals surface area contributed by atoms with Gasteiger partial charge in [0.25, 0.3) is 0 Å². The van der Waals surface area contributed by atoms with Crippen LogP contribution in [0.25, 0.3) is 0 Å². The number of nitrogens with two attached hydrogens (primary N) is 1. The van der Waals surface area contributed by atoms with E-state index in [1.54, 1.807) is 0 Å². The minimum absolute atomic E-state index is 0.0873. The number of hydrogen-bond donors (Lipinski definition) is 2. The number of rotatable bonds is 2. The summed E-state index contributed by atoms with van der Waals surface area (Å²) < 4.78 is 0. The van der Waals surface area contributed by atoms with Crippen LogP contribution in [0.5, 0.6) is 0 Å². The van der Waals surface area contributed by atoms with Gasteiger partial charge >= 0.3 is 0 Å². The fraction of sp³-hybridized carbons (Fsp3) is 0.704. The van der Waals surface area contributed by atoms with Gasteiger partial charge in [-0.1, -0.05) is 69.9 Å². The van der Waals surface area contributed by atoms with Crippen molar-refractivity contribution in [3.63, 3.8) is 0 Å². The fourth-order valence-corrected chi connectivity index (χ4v) is 6.83. The molecular weight excluding hydrogens is 352 g/mol. The van der Waals surface area contributed by atoms with E-state index in [0.29, 0.717) is 22.7 Å². The largest absolute Gasteiger partial charge is 0.370 e. The first-order valence-corrected chi connectivity index (χ1v) is 12.4. The molecule has 2 nitrogen and oxygen atoms in total. The summed E-state index contributed by atoms with van der Waals surface area (Å²) in [5.74, 6) is 1.17. The molecule has 4 rings (SSSR count). The Morgan fingerprint density at radius 1 is 0.862 bits per heavy atom. The molecule has 3 unspecified atom stereocenters. The molecule has 1 heterocycles. The zero-order chi connectivity index (χ0) is 20.3. The van der Waals surface area contributed by atoms with Crippen LogP contribution < -0.4 is 11.1 Å². The van der Waals surface area contributed by atoms with E-state index in [9.17, 15) is 0 Å². The van der Waals surface area contributed by atoms with E-state index < -0.39 is 0 Å². The highest BCUT2D eigenvalue weighted by molar-refractivity contribution is 5.41. The van der Waals surface area contributed by atoms with Gasteiger partial charge in [-0.05, 0) is 85.7 Å². The molecule has 3 aliphatic carbocycles. The van der Waals surface area contributed by atoms with Crippen LogP contribution in [0.1, 0.15) is 90.9 Å². The second-order valence-corrected chi connectivity index (χ2v) is 10.4. The van der Waals surface area contributed by atoms with Gasteiger partial charge in [-0.2, -0.15) is 0 Å². The second-order valence-electron chi connectivity index (χ2n) is 10.4. The van der Waals surface area contributed by atoms with Gasteiger partial charge in [-0.25, -0.2) is 0 Å². The SMILES string of the molecule is CCC1(CC)CCC2(CCCCC3C4=C(\C=C/C=C\C=C/4)NC(N)C3CC2)CC1. The molecule has 1 aliphatic heterocycles. The summed E-state index contributed by atoms with van der Waals surface area (Å²) in [6.07, 6.45) is 29.9. The summed E-state index contributed by atoms with van der Waals surface area (Å²) in [6, 6.07) is 0. The van der Waals surface area contributed by atoms with Crippen molar-refractivity contribution in [1.29, 1.82) is 0 Å². The first-order valence-electron chi connectivity index (χ1n) is 12.4. The van der Waals surface area contributed by atoms with Crippen LogP contribution in [-0.2, 0) is 0 Å². The van der Waals surface area contributed by atoms with E-state index in [-0.39, 0.29) is 6.17 Å². The average Bonchev–Trinajstić information content (AvgIpc) is 2.81. The van der Waals surface area contributed by atoms with Crippen LogP contribution >= 0.6 is 0 Å². The zero-order valence-electron chi connectivity index (χ0n) is 18.8. The minimum Gasteiger partial charge on any atom is -0.370 e. The van der Waals surface area contributed by atoms with E-state index in [4.69, 9.17) is 5.73 Å². The van der Waals surface area contributed by atoms with Crippen molar-refractivity contribution in [3.8, 4) is 0 Å². The van der Waals surface area contributed by atoms with Gasteiger partial charge in [-0.15, -0.1) is 0 Å². The monoisotopic (exact) mass is 394 g/mol. The van der Waals surface area contributed by atoms with Gasteiger partial charge in [0.05, 0.1) is 6.17 Å². The van der Waals surface area contributed by atoms with Gasteiger partial charge in [0.15, 0.2) is 0 Å². The lowest BCUT2D eigenvalue weighted by atomic mass is 9.58. The Balaban J connectivity index is 1.53. The van der Waals surface area contributed by atoms with Crippen LogP contribution in [0.15, 0.2) is 47.7 Å². The van der Waals surface area contributed by atoms with Gasteiger partial charge in [0.1, 0.15) is 0 Å². The predicted molar refractivity (Wildman–Crippen MR) is 124 cm³/mol. The minimum atomic E-state index is 0.0873.